The summed E-state index contributed by atoms with van der Waals surface area (Å²) >= 11 is 12.9. The summed E-state index contributed by atoms with van der Waals surface area (Å²) in [5.74, 6) is 0. The topological polar surface area (TPSA) is 12.0 Å². The summed E-state index contributed by atoms with van der Waals surface area (Å²) in [5, 5.41) is 4.09. The van der Waals surface area contributed by atoms with Crippen LogP contribution in [0.3, 0.4) is 0 Å². The van der Waals surface area contributed by atoms with Crippen LogP contribution in [0.15, 0.2) is 51.4 Å². The Balaban J connectivity index is 2.08. The van der Waals surface area contributed by atoms with Crippen LogP contribution in [-0.2, 0) is 6.54 Å². The average Bonchev–Trinajstić information content (AvgIpc) is 2.32. The van der Waals surface area contributed by atoms with Gasteiger partial charge in [0.1, 0.15) is 0 Å². The molecular weight excluding hydrogens is 365 g/mol. The minimum absolute atomic E-state index is 0.733. The van der Waals surface area contributed by atoms with Gasteiger partial charge in [-0.05, 0) is 61.7 Å². The van der Waals surface area contributed by atoms with Gasteiger partial charge in [0.05, 0.1) is 5.02 Å². The molecule has 88 valence electrons. The van der Waals surface area contributed by atoms with Crippen molar-refractivity contribution in [1.82, 2.24) is 0 Å². The quantitative estimate of drug-likeness (QED) is 0.749. The third-order valence-electron chi connectivity index (χ3n) is 2.34. The minimum atomic E-state index is 0.733. The fourth-order valence-corrected chi connectivity index (χ4v) is 2.33. The van der Waals surface area contributed by atoms with E-state index >= 15 is 0 Å². The minimum Gasteiger partial charge on any atom is -0.380 e. The van der Waals surface area contributed by atoms with Gasteiger partial charge in [0.2, 0.25) is 0 Å². The Morgan fingerprint density at radius 3 is 2.47 bits per heavy atom. The summed E-state index contributed by atoms with van der Waals surface area (Å²) in [7, 11) is 0. The van der Waals surface area contributed by atoms with Crippen LogP contribution in [0.2, 0.25) is 5.02 Å². The third-order valence-corrected chi connectivity index (χ3v) is 4.26. The van der Waals surface area contributed by atoms with Gasteiger partial charge in [-0.3, -0.25) is 0 Å². The van der Waals surface area contributed by atoms with E-state index in [1.807, 2.05) is 42.5 Å². The maximum absolute atomic E-state index is 6.04. The second kappa shape index (κ2) is 5.89. The molecule has 0 heterocycles. The lowest BCUT2D eigenvalue weighted by Crippen LogP contribution is -1.99. The van der Waals surface area contributed by atoms with Gasteiger partial charge < -0.3 is 5.32 Å². The summed E-state index contributed by atoms with van der Waals surface area (Å²) in [6.45, 7) is 0.746. The summed E-state index contributed by atoms with van der Waals surface area (Å²) < 4.78 is 1.98. The molecule has 0 aromatic heterocycles. The summed E-state index contributed by atoms with van der Waals surface area (Å²) in [5.41, 5.74) is 2.22. The van der Waals surface area contributed by atoms with E-state index < -0.39 is 0 Å². The molecule has 2 aromatic rings. The first-order valence-corrected chi connectivity index (χ1v) is 7.05. The van der Waals surface area contributed by atoms with Crippen LogP contribution in [0.5, 0.6) is 0 Å². The molecule has 4 heteroatoms. The number of para-hydroxylation sites is 1. The Morgan fingerprint density at radius 1 is 1.00 bits per heavy atom. The molecule has 2 aromatic carbocycles. The second-order valence-corrected chi connectivity index (χ2v) is 5.70. The molecule has 1 N–H and O–H groups in total. The number of benzene rings is 2. The van der Waals surface area contributed by atoms with Crippen LogP contribution in [0.4, 0.5) is 5.69 Å². The number of hydrogen-bond acceptors (Lipinski definition) is 1. The molecule has 0 amide bonds. The van der Waals surface area contributed by atoms with E-state index in [0.717, 1.165) is 31.8 Å². The van der Waals surface area contributed by atoms with Crippen molar-refractivity contribution >= 4 is 49.1 Å². The molecule has 0 spiro atoms. The van der Waals surface area contributed by atoms with E-state index in [2.05, 4.69) is 37.2 Å². The van der Waals surface area contributed by atoms with Crippen molar-refractivity contribution in [2.24, 2.45) is 0 Å². The highest BCUT2D eigenvalue weighted by atomic mass is 79.9. The van der Waals surface area contributed by atoms with Crippen LogP contribution in [0.25, 0.3) is 0 Å². The molecule has 0 unspecified atom stereocenters. The zero-order chi connectivity index (χ0) is 12.3. The van der Waals surface area contributed by atoms with Crippen molar-refractivity contribution in [3.8, 4) is 0 Å². The number of hydrogen-bond donors (Lipinski definition) is 1. The zero-order valence-corrected chi connectivity index (χ0v) is 12.8. The van der Waals surface area contributed by atoms with Gasteiger partial charge in [-0.1, -0.05) is 29.8 Å². The third kappa shape index (κ3) is 3.47. The summed E-state index contributed by atoms with van der Waals surface area (Å²) in [6, 6.07) is 14.0. The van der Waals surface area contributed by atoms with E-state index in [9.17, 15) is 0 Å². The number of halogens is 3. The fraction of sp³-hybridized carbons (Fsp3) is 0.0769. The van der Waals surface area contributed by atoms with Crippen LogP contribution in [0, 0.1) is 0 Å². The highest BCUT2D eigenvalue weighted by molar-refractivity contribution is 9.11. The Morgan fingerprint density at radius 2 is 1.76 bits per heavy atom. The zero-order valence-electron chi connectivity index (χ0n) is 8.88. The molecule has 0 aliphatic rings. The number of rotatable bonds is 3. The molecule has 0 fully saturated rings. The molecule has 17 heavy (non-hydrogen) atoms. The monoisotopic (exact) mass is 373 g/mol. The maximum atomic E-state index is 6.04. The van der Waals surface area contributed by atoms with Crippen molar-refractivity contribution in [3.63, 3.8) is 0 Å². The maximum Gasteiger partial charge on any atom is 0.0551 e. The Kier molecular flexibility index (Phi) is 4.48. The molecule has 0 aliphatic carbocycles. The van der Waals surface area contributed by atoms with Gasteiger partial charge >= 0.3 is 0 Å². The SMILES string of the molecule is Clc1cc(CNc2ccccc2Br)ccc1Br. The first-order valence-electron chi connectivity index (χ1n) is 5.09. The standard InChI is InChI=1S/C13H10Br2ClN/c14-10-6-5-9(7-12(10)16)8-17-13-4-2-1-3-11(13)15/h1-7,17H,8H2. The molecule has 0 atom stereocenters. The fourth-order valence-electron chi connectivity index (χ4n) is 1.45. The van der Waals surface area contributed by atoms with Crippen molar-refractivity contribution in [3.05, 3.63) is 62.0 Å². The highest BCUT2D eigenvalue weighted by Gasteiger charge is 2.01. The van der Waals surface area contributed by atoms with Gasteiger partial charge in [0.25, 0.3) is 0 Å². The first-order chi connectivity index (χ1) is 8.16. The molecule has 1 nitrogen and oxygen atoms in total. The molecule has 0 saturated heterocycles. The Bertz CT molecular complexity index is 529. The normalized spacial score (nSPS) is 10.3. The van der Waals surface area contributed by atoms with E-state index in [1.54, 1.807) is 0 Å². The van der Waals surface area contributed by atoms with Crippen molar-refractivity contribution < 1.29 is 0 Å². The van der Waals surface area contributed by atoms with E-state index in [4.69, 9.17) is 11.6 Å². The molecule has 0 saturated carbocycles. The van der Waals surface area contributed by atoms with Crippen molar-refractivity contribution in [2.75, 3.05) is 5.32 Å². The molecule has 2 rings (SSSR count). The lowest BCUT2D eigenvalue weighted by molar-refractivity contribution is 1.14. The van der Waals surface area contributed by atoms with Gasteiger partial charge in [-0.25, -0.2) is 0 Å². The second-order valence-electron chi connectivity index (χ2n) is 3.58. The van der Waals surface area contributed by atoms with Crippen LogP contribution < -0.4 is 5.32 Å². The molecule has 0 bridgehead atoms. The first kappa shape index (κ1) is 12.9. The predicted octanol–water partition coefficient (Wildman–Crippen LogP) is 5.48. The summed E-state index contributed by atoms with van der Waals surface area (Å²) in [4.78, 5) is 0. The molecule has 0 radical (unpaired) electrons. The van der Waals surface area contributed by atoms with Crippen LogP contribution in [0.1, 0.15) is 5.56 Å². The largest absolute Gasteiger partial charge is 0.380 e. The van der Waals surface area contributed by atoms with E-state index in [0.29, 0.717) is 0 Å². The predicted molar refractivity (Wildman–Crippen MR) is 80.6 cm³/mol. The summed E-state index contributed by atoms with van der Waals surface area (Å²) in [6.07, 6.45) is 0. The van der Waals surface area contributed by atoms with Gasteiger partial charge in [-0.15, -0.1) is 0 Å². The highest BCUT2D eigenvalue weighted by Crippen LogP contribution is 2.25. The smallest absolute Gasteiger partial charge is 0.0551 e. The average molecular weight is 375 g/mol. The van der Waals surface area contributed by atoms with E-state index in [-0.39, 0.29) is 0 Å². The van der Waals surface area contributed by atoms with Gasteiger partial charge in [-0.2, -0.15) is 0 Å². The van der Waals surface area contributed by atoms with Crippen molar-refractivity contribution in [2.45, 2.75) is 6.54 Å². The Hall–Kier alpha value is -0.510. The number of anilines is 1. The van der Waals surface area contributed by atoms with Gasteiger partial charge in [0.15, 0.2) is 0 Å². The van der Waals surface area contributed by atoms with Gasteiger partial charge in [0, 0.05) is 21.2 Å². The lowest BCUT2D eigenvalue weighted by atomic mass is 10.2. The van der Waals surface area contributed by atoms with Crippen molar-refractivity contribution in [1.29, 1.82) is 0 Å². The van der Waals surface area contributed by atoms with E-state index in [1.165, 1.54) is 0 Å². The molecule has 0 aliphatic heterocycles. The Labute approximate surface area is 122 Å². The van der Waals surface area contributed by atoms with Crippen LogP contribution >= 0.6 is 43.5 Å². The lowest BCUT2D eigenvalue weighted by Gasteiger charge is -2.09. The van der Waals surface area contributed by atoms with Crippen LogP contribution in [-0.4, -0.2) is 0 Å². The molecular formula is C13H10Br2ClN. The number of nitrogens with one attached hydrogen (secondary N) is 1.